The van der Waals surface area contributed by atoms with Crippen molar-refractivity contribution in [3.8, 4) is 0 Å². The van der Waals surface area contributed by atoms with Gasteiger partial charge in [-0.05, 0) is 68.0 Å². The number of aryl methyl sites for hydroxylation is 1. The monoisotopic (exact) mass is 506 g/mol. The van der Waals surface area contributed by atoms with Crippen LogP contribution in [0.25, 0.3) is 0 Å². The average molecular weight is 507 g/mol. The lowest BCUT2D eigenvalue weighted by molar-refractivity contribution is -0.133. The number of nitrogens with two attached hydrogens (primary N) is 1. The molecule has 1 aromatic heterocycles. The summed E-state index contributed by atoms with van der Waals surface area (Å²) in [6.07, 6.45) is 11.2. The number of carbonyl (C=O) groups is 1. The van der Waals surface area contributed by atoms with Crippen molar-refractivity contribution in [1.29, 1.82) is 0 Å². The molecule has 0 saturated carbocycles. The second-order valence-electron chi connectivity index (χ2n) is 8.26. The Balaban J connectivity index is 1.52. The molecule has 0 spiro atoms. The Bertz CT molecular complexity index is 841. The Morgan fingerprint density at radius 3 is 2.75 bits per heavy atom. The Kier molecular flexibility index (Phi) is 9.73. The van der Waals surface area contributed by atoms with Crippen molar-refractivity contribution in [3.05, 3.63) is 22.2 Å². The predicted molar refractivity (Wildman–Crippen MR) is 132 cm³/mol. The highest BCUT2D eigenvalue weighted by Gasteiger charge is 2.17. The van der Waals surface area contributed by atoms with Crippen LogP contribution in [0.5, 0.6) is 0 Å². The maximum absolute atomic E-state index is 11.9. The molecule has 3 N–H and O–H groups in total. The zero-order chi connectivity index (χ0) is 22.8. The van der Waals surface area contributed by atoms with Gasteiger partial charge in [-0.3, -0.25) is 14.5 Å². The molecule has 2 fully saturated rings. The van der Waals surface area contributed by atoms with Crippen LogP contribution < -0.4 is 11.1 Å². The van der Waals surface area contributed by atoms with E-state index in [1.54, 1.807) is 6.21 Å². The molecule has 2 aliphatic rings. The molecule has 0 atom stereocenters. The van der Waals surface area contributed by atoms with Crippen LogP contribution in [-0.4, -0.2) is 77.3 Å². The molecule has 1 amide bonds. The molecule has 10 heteroatoms. The van der Waals surface area contributed by atoms with Gasteiger partial charge in [-0.1, -0.05) is 0 Å². The van der Waals surface area contributed by atoms with Crippen LogP contribution in [-0.2, 0) is 11.3 Å². The summed E-state index contributed by atoms with van der Waals surface area (Å²) in [5.41, 5.74) is 7.26. The molecule has 0 aliphatic carbocycles. The van der Waals surface area contributed by atoms with Gasteiger partial charge in [-0.15, -0.1) is 0 Å². The predicted octanol–water partition coefficient (Wildman–Crippen LogP) is 2.53. The van der Waals surface area contributed by atoms with E-state index in [0.717, 1.165) is 56.8 Å². The van der Waals surface area contributed by atoms with E-state index >= 15 is 0 Å². The summed E-state index contributed by atoms with van der Waals surface area (Å²) >= 11 is 3.55. The van der Waals surface area contributed by atoms with E-state index in [-0.39, 0.29) is 5.91 Å². The second-order valence-corrected chi connectivity index (χ2v) is 9.12. The molecule has 1 aromatic rings. The summed E-state index contributed by atoms with van der Waals surface area (Å²) in [5.74, 6) is 0.872. The van der Waals surface area contributed by atoms with Gasteiger partial charge in [-0.2, -0.15) is 5.10 Å². The fraction of sp³-hybridized carbons (Fsp3) is 0.636. The zero-order valence-electron chi connectivity index (χ0n) is 19.0. The van der Waals surface area contributed by atoms with Crippen molar-refractivity contribution < 1.29 is 4.79 Å². The van der Waals surface area contributed by atoms with Crippen molar-refractivity contribution in [2.24, 2.45) is 15.7 Å². The molecule has 0 bridgehead atoms. The van der Waals surface area contributed by atoms with E-state index in [4.69, 9.17) is 5.73 Å². The lowest BCUT2D eigenvalue weighted by Crippen LogP contribution is -2.37. The van der Waals surface area contributed by atoms with E-state index in [0.29, 0.717) is 23.3 Å². The standard InChI is InChI=1S/C22H35BrN8O/c1-18-20(16-31(28-18)14-13-29-9-4-5-10-29)26-15-19(23)22(27-17-24)25-8-6-12-30-11-3-2-7-21(30)32/h15-17,25H,2-14H2,1H3,(H2,24,27)/b22-19+,26-15-. The molecule has 3 heterocycles. The highest BCUT2D eigenvalue weighted by Crippen LogP contribution is 2.19. The van der Waals surface area contributed by atoms with Gasteiger partial charge in [0, 0.05) is 38.8 Å². The SMILES string of the molecule is Cc1nn(CCN2CCCC2)cc1\N=C/C(Br)=C(\N=C\N)NCCCN1CCCCC1=O. The first-order valence-electron chi connectivity index (χ1n) is 11.5. The van der Waals surface area contributed by atoms with Gasteiger partial charge in [0.25, 0.3) is 0 Å². The number of allylic oxidation sites excluding steroid dienone is 1. The van der Waals surface area contributed by atoms with Crippen LogP contribution in [0, 0.1) is 6.92 Å². The smallest absolute Gasteiger partial charge is 0.222 e. The van der Waals surface area contributed by atoms with Crippen LogP contribution in [0.2, 0.25) is 0 Å². The number of halogens is 1. The van der Waals surface area contributed by atoms with Crippen molar-refractivity contribution in [3.63, 3.8) is 0 Å². The highest BCUT2D eigenvalue weighted by molar-refractivity contribution is 9.12. The fourth-order valence-electron chi connectivity index (χ4n) is 4.03. The Labute approximate surface area is 199 Å². The van der Waals surface area contributed by atoms with E-state index < -0.39 is 0 Å². The second kappa shape index (κ2) is 12.7. The van der Waals surface area contributed by atoms with Crippen molar-refractivity contribution in [2.45, 2.75) is 52.0 Å². The number of nitrogens with zero attached hydrogens (tertiary/aromatic N) is 6. The lowest BCUT2D eigenvalue weighted by atomic mass is 10.1. The van der Waals surface area contributed by atoms with Gasteiger partial charge >= 0.3 is 0 Å². The number of piperidine rings is 1. The Morgan fingerprint density at radius 2 is 2.00 bits per heavy atom. The number of hydrogen-bond donors (Lipinski definition) is 2. The summed E-state index contributed by atoms with van der Waals surface area (Å²) in [5, 5.41) is 7.87. The van der Waals surface area contributed by atoms with Crippen LogP contribution in [0.15, 0.2) is 26.5 Å². The molecule has 32 heavy (non-hydrogen) atoms. The van der Waals surface area contributed by atoms with Gasteiger partial charge in [0.05, 0.1) is 29.3 Å². The van der Waals surface area contributed by atoms with Crippen LogP contribution in [0.3, 0.4) is 0 Å². The summed E-state index contributed by atoms with van der Waals surface area (Å²) in [6.45, 7) is 8.55. The number of hydrogen-bond acceptors (Lipinski definition) is 6. The van der Waals surface area contributed by atoms with Crippen LogP contribution >= 0.6 is 15.9 Å². The van der Waals surface area contributed by atoms with Gasteiger partial charge in [0.2, 0.25) is 5.91 Å². The first-order chi connectivity index (χ1) is 15.6. The van der Waals surface area contributed by atoms with Gasteiger partial charge in [0.1, 0.15) is 11.5 Å². The van der Waals surface area contributed by atoms with Crippen LogP contribution in [0.4, 0.5) is 5.69 Å². The minimum Gasteiger partial charge on any atom is -0.390 e. The van der Waals surface area contributed by atoms with Crippen molar-refractivity contribution in [2.75, 3.05) is 39.3 Å². The first kappa shape index (κ1) is 24.4. The minimum atomic E-state index is 0.261. The summed E-state index contributed by atoms with van der Waals surface area (Å²) < 4.78 is 2.68. The van der Waals surface area contributed by atoms with Crippen molar-refractivity contribution in [1.82, 2.24) is 24.9 Å². The Hall–Kier alpha value is -2.20. The molecule has 0 aromatic carbocycles. The third-order valence-electron chi connectivity index (χ3n) is 5.83. The van der Waals surface area contributed by atoms with Crippen LogP contribution in [0.1, 0.15) is 44.2 Å². The van der Waals surface area contributed by atoms with E-state index in [2.05, 4.69) is 41.2 Å². The summed E-state index contributed by atoms with van der Waals surface area (Å²) in [4.78, 5) is 25.1. The van der Waals surface area contributed by atoms with E-state index in [1.165, 1.54) is 32.3 Å². The number of amides is 1. The lowest BCUT2D eigenvalue weighted by Gasteiger charge is -2.26. The molecule has 2 saturated heterocycles. The number of likely N-dealkylation sites (tertiary alicyclic amines) is 2. The molecule has 0 radical (unpaired) electrons. The number of rotatable bonds is 11. The quantitative estimate of drug-likeness (QED) is 0.272. The average Bonchev–Trinajstić information content (AvgIpc) is 3.43. The molecule has 2 aliphatic heterocycles. The van der Waals surface area contributed by atoms with Gasteiger partial charge < -0.3 is 20.9 Å². The first-order valence-corrected chi connectivity index (χ1v) is 12.3. The maximum Gasteiger partial charge on any atom is 0.222 e. The van der Waals surface area contributed by atoms with E-state index in [9.17, 15) is 4.79 Å². The molecule has 9 nitrogen and oxygen atoms in total. The number of nitrogens with one attached hydrogen (secondary N) is 1. The highest BCUT2D eigenvalue weighted by atomic mass is 79.9. The van der Waals surface area contributed by atoms with E-state index in [1.807, 2.05) is 22.7 Å². The number of aliphatic imine (C=N–C) groups is 2. The Morgan fingerprint density at radius 1 is 1.22 bits per heavy atom. The summed E-state index contributed by atoms with van der Waals surface area (Å²) in [7, 11) is 0. The fourth-order valence-corrected chi connectivity index (χ4v) is 4.37. The summed E-state index contributed by atoms with van der Waals surface area (Å²) in [6, 6.07) is 0. The van der Waals surface area contributed by atoms with Crippen molar-refractivity contribution >= 4 is 40.1 Å². The largest absolute Gasteiger partial charge is 0.390 e. The maximum atomic E-state index is 11.9. The molecule has 0 unspecified atom stereocenters. The minimum absolute atomic E-state index is 0.261. The number of carbonyl (C=O) groups excluding carboxylic acids is 1. The normalized spacial score (nSPS) is 18.8. The molecule has 3 rings (SSSR count). The topological polar surface area (TPSA) is 104 Å². The third kappa shape index (κ3) is 7.44. The van der Waals surface area contributed by atoms with Gasteiger partial charge in [0.15, 0.2) is 0 Å². The molecular formula is C22H35BrN8O. The third-order valence-corrected chi connectivity index (χ3v) is 6.41. The zero-order valence-corrected chi connectivity index (χ0v) is 20.6. The molecular weight excluding hydrogens is 472 g/mol. The van der Waals surface area contributed by atoms with Gasteiger partial charge in [-0.25, -0.2) is 4.99 Å². The number of aromatic nitrogens is 2. The molecule has 176 valence electrons.